The van der Waals surface area contributed by atoms with Crippen LogP contribution in [-0.2, 0) is 16.7 Å². The van der Waals surface area contributed by atoms with Gasteiger partial charge < -0.3 is 15.4 Å². The number of hydrogen-bond acceptors (Lipinski definition) is 4. The number of hydrogen-bond donors (Lipinski definition) is 2. The Labute approximate surface area is 199 Å². The number of halogens is 2. The zero-order valence-electron chi connectivity index (χ0n) is 17.3. The van der Waals surface area contributed by atoms with E-state index in [-0.39, 0.29) is 29.4 Å². The van der Waals surface area contributed by atoms with Crippen LogP contribution in [0, 0.1) is 13.8 Å². The second-order valence-corrected chi connectivity index (χ2v) is 8.87. The molecule has 160 valence electrons. The normalized spacial score (nSPS) is 16.2. The van der Waals surface area contributed by atoms with E-state index in [9.17, 15) is 0 Å². The predicted octanol–water partition coefficient (Wildman–Crippen LogP) is 4.83. The van der Waals surface area contributed by atoms with Crippen molar-refractivity contribution in [2.45, 2.75) is 45.6 Å². The molecular weight excluding hydrogens is 519 g/mol. The summed E-state index contributed by atoms with van der Waals surface area (Å²) < 4.78 is 5.64. The molecule has 1 aliphatic heterocycles. The van der Waals surface area contributed by atoms with E-state index in [2.05, 4.69) is 41.6 Å². The molecule has 0 atom stereocenters. The van der Waals surface area contributed by atoms with Gasteiger partial charge in [0.25, 0.3) is 0 Å². The number of aromatic nitrogens is 1. The lowest BCUT2D eigenvalue weighted by molar-refractivity contribution is 0.0514. The molecule has 1 aromatic heterocycles. The molecule has 1 saturated heterocycles. The van der Waals surface area contributed by atoms with E-state index < -0.39 is 0 Å². The summed E-state index contributed by atoms with van der Waals surface area (Å²) in [5.74, 6) is 0.811. The van der Waals surface area contributed by atoms with Gasteiger partial charge in [0.2, 0.25) is 0 Å². The van der Waals surface area contributed by atoms with Gasteiger partial charge in [-0.2, -0.15) is 0 Å². The van der Waals surface area contributed by atoms with Crippen LogP contribution in [0.2, 0.25) is 5.02 Å². The van der Waals surface area contributed by atoms with Crippen molar-refractivity contribution in [1.82, 2.24) is 15.6 Å². The molecule has 5 nitrogen and oxygen atoms in total. The highest BCUT2D eigenvalue weighted by Gasteiger charge is 2.36. The number of rotatable bonds is 6. The Morgan fingerprint density at radius 3 is 2.59 bits per heavy atom. The predicted molar refractivity (Wildman–Crippen MR) is 133 cm³/mol. The molecule has 1 aliphatic rings. The summed E-state index contributed by atoms with van der Waals surface area (Å²) in [4.78, 5) is 10.6. The number of aryl methyl sites for hydroxylation is 2. The number of thiazole rings is 1. The molecule has 2 aromatic rings. The van der Waals surface area contributed by atoms with Crippen molar-refractivity contribution in [3.8, 4) is 0 Å². The molecule has 1 fully saturated rings. The van der Waals surface area contributed by atoms with Gasteiger partial charge in [0.15, 0.2) is 5.96 Å². The first-order chi connectivity index (χ1) is 13.5. The maximum atomic E-state index is 6.56. The van der Waals surface area contributed by atoms with Gasteiger partial charge in [-0.25, -0.2) is 9.98 Å². The first-order valence-corrected chi connectivity index (χ1v) is 11.0. The van der Waals surface area contributed by atoms with Crippen LogP contribution in [0.15, 0.2) is 29.3 Å². The van der Waals surface area contributed by atoms with Crippen LogP contribution < -0.4 is 10.6 Å². The Morgan fingerprint density at radius 1 is 1.24 bits per heavy atom. The van der Waals surface area contributed by atoms with Crippen molar-refractivity contribution in [3.05, 3.63) is 50.4 Å². The average molecular weight is 549 g/mol. The lowest BCUT2D eigenvalue weighted by Gasteiger charge is -2.38. The van der Waals surface area contributed by atoms with Crippen molar-refractivity contribution in [2.75, 3.05) is 26.3 Å². The van der Waals surface area contributed by atoms with Gasteiger partial charge in [0.1, 0.15) is 5.01 Å². The Morgan fingerprint density at radius 2 is 1.97 bits per heavy atom. The van der Waals surface area contributed by atoms with Crippen molar-refractivity contribution < 1.29 is 4.74 Å². The lowest BCUT2D eigenvalue weighted by atomic mass is 9.74. The Bertz CT molecular complexity index is 801. The SMILES string of the molecule is CCNC(=NCc1nc(C)c(C)s1)NCC1(c2ccccc2Cl)CCOCC1.I. The first-order valence-electron chi connectivity index (χ1n) is 9.82. The summed E-state index contributed by atoms with van der Waals surface area (Å²) in [5.41, 5.74) is 2.23. The summed E-state index contributed by atoms with van der Waals surface area (Å²) in [6.07, 6.45) is 1.88. The number of benzene rings is 1. The summed E-state index contributed by atoms with van der Waals surface area (Å²) in [5, 5.41) is 8.76. The molecule has 0 amide bonds. The molecule has 0 unspecified atom stereocenters. The second-order valence-electron chi connectivity index (χ2n) is 7.17. The number of guanidine groups is 1. The van der Waals surface area contributed by atoms with Crippen LogP contribution in [0.4, 0.5) is 0 Å². The minimum atomic E-state index is -0.0544. The molecule has 0 aliphatic carbocycles. The van der Waals surface area contributed by atoms with Gasteiger partial charge in [0, 0.05) is 41.6 Å². The lowest BCUT2D eigenvalue weighted by Crippen LogP contribution is -2.48. The molecular formula is C21H30ClIN4OS. The molecule has 8 heteroatoms. The highest BCUT2D eigenvalue weighted by molar-refractivity contribution is 14.0. The molecule has 0 bridgehead atoms. The maximum absolute atomic E-state index is 6.56. The Hall–Kier alpha value is -0.900. The fourth-order valence-corrected chi connectivity index (χ4v) is 4.74. The monoisotopic (exact) mass is 548 g/mol. The largest absolute Gasteiger partial charge is 0.381 e. The minimum Gasteiger partial charge on any atom is -0.381 e. The molecule has 0 spiro atoms. The van der Waals surface area contributed by atoms with Gasteiger partial charge in [-0.1, -0.05) is 29.8 Å². The van der Waals surface area contributed by atoms with Crippen LogP contribution >= 0.6 is 46.9 Å². The third-order valence-electron chi connectivity index (χ3n) is 5.28. The topological polar surface area (TPSA) is 58.5 Å². The Kier molecular flexibility index (Phi) is 9.65. The fraction of sp³-hybridized carbons (Fsp3) is 0.524. The zero-order valence-corrected chi connectivity index (χ0v) is 21.2. The van der Waals surface area contributed by atoms with Gasteiger partial charge in [-0.3, -0.25) is 0 Å². The molecule has 29 heavy (non-hydrogen) atoms. The standard InChI is InChI=1S/C21H29ClN4OS.HI/c1-4-23-20(24-13-19-26-15(2)16(3)28-19)25-14-21(9-11-27-12-10-21)17-7-5-6-8-18(17)22;/h5-8H,4,9-14H2,1-3H3,(H2,23,24,25);1H. The third-order valence-corrected chi connectivity index (χ3v) is 6.67. The van der Waals surface area contributed by atoms with E-state index in [4.69, 9.17) is 21.3 Å². The first kappa shape index (κ1) is 24.4. The zero-order chi connectivity index (χ0) is 20.0. The number of nitrogens with one attached hydrogen (secondary N) is 2. The van der Waals surface area contributed by atoms with Gasteiger partial charge >= 0.3 is 0 Å². The number of nitrogens with zero attached hydrogens (tertiary/aromatic N) is 2. The van der Waals surface area contributed by atoms with Crippen molar-refractivity contribution >= 4 is 52.9 Å². The highest BCUT2D eigenvalue weighted by Crippen LogP contribution is 2.38. The maximum Gasteiger partial charge on any atom is 0.191 e. The van der Waals surface area contributed by atoms with E-state index in [1.54, 1.807) is 11.3 Å². The second kappa shape index (κ2) is 11.5. The van der Waals surface area contributed by atoms with Crippen LogP contribution in [0.25, 0.3) is 0 Å². The van der Waals surface area contributed by atoms with Crippen LogP contribution in [-0.4, -0.2) is 37.2 Å². The minimum absolute atomic E-state index is 0. The van der Waals surface area contributed by atoms with E-state index in [1.165, 1.54) is 10.4 Å². The summed E-state index contributed by atoms with van der Waals surface area (Å²) in [7, 11) is 0. The highest BCUT2D eigenvalue weighted by atomic mass is 127. The van der Waals surface area contributed by atoms with Gasteiger partial charge in [-0.05, 0) is 45.2 Å². The number of aliphatic imine (C=N–C) groups is 1. The summed E-state index contributed by atoms with van der Waals surface area (Å²) in [6, 6.07) is 8.15. The molecule has 2 heterocycles. The third kappa shape index (κ3) is 6.29. The van der Waals surface area contributed by atoms with Crippen LogP contribution in [0.3, 0.4) is 0 Å². The van der Waals surface area contributed by atoms with Gasteiger partial charge in [0.05, 0.1) is 12.2 Å². The quantitative estimate of drug-likeness (QED) is 0.308. The Balaban J connectivity index is 0.00000300. The summed E-state index contributed by atoms with van der Waals surface area (Å²) in [6.45, 7) is 9.87. The van der Waals surface area contributed by atoms with Gasteiger partial charge in [-0.15, -0.1) is 35.3 Å². The van der Waals surface area contributed by atoms with E-state index in [0.29, 0.717) is 6.54 Å². The smallest absolute Gasteiger partial charge is 0.191 e. The molecule has 2 N–H and O–H groups in total. The molecule has 1 aromatic carbocycles. The molecule has 0 saturated carbocycles. The van der Waals surface area contributed by atoms with Crippen molar-refractivity contribution in [2.24, 2.45) is 4.99 Å². The van der Waals surface area contributed by atoms with Crippen LogP contribution in [0.1, 0.15) is 40.9 Å². The van der Waals surface area contributed by atoms with Crippen molar-refractivity contribution in [1.29, 1.82) is 0 Å². The fourth-order valence-electron chi connectivity index (χ4n) is 3.54. The van der Waals surface area contributed by atoms with E-state index >= 15 is 0 Å². The van der Waals surface area contributed by atoms with Crippen LogP contribution in [0.5, 0.6) is 0 Å². The molecule has 0 radical (unpaired) electrons. The summed E-state index contributed by atoms with van der Waals surface area (Å²) >= 11 is 8.27. The molecule has 3 rings (SSSR count). The van der Waals surface area contributed by atoms with Crippen molar-refractivity contribution in [3.63, 3.8) is 0 Å². The van der Waals surface area contributed by atoms with E-state index in [1.807, 2.05) is 19.1 Å². The van der Waals surface area contributed by atoms with E-state index in [0.717, 1.165) is 60.8 Å². The number of ether oxygens (including phenoxy) is 1. The average Bonchev–Trinajstić information content (AvgIpc) is 3.02.